The molecule has 1 heterocycles. The van der Waals surface area contributed by atoms with Gasteiger partial charge in [0.1, 0.15) is 0 Å². The lowest BCUT2D eigenvalue weighted by molar-refractivity contribution is -0.101. The number of hydrogen-bond acceptors (Lipinski definition) is 3. The quantitative estimate of drug-likeness (QED) is 0.728. The molecule has 0 amide bonds. The molecule has 0 aromatic heterocycles. The predicted molar refractivity (Wildman–Crippen MR) is 71.4 cm³/mol. The van der Waals surface area contributed by atoms with Gasteiger partial charge in [-0.3, -0.25) is 0 Å². The summed E-state index contributed by atoms with van der Waals surface area (Å²) in [5.74, 6) is 0. The molecule has 1 rings (SSSR count). The Hall–Kier alpha value is -0.120. The van der Waals surface area contributed by atoms with E-state index < -0.39 is 0 Å². The van der Waals surface area contributed by atoms with Crippen molar-refractivity contribution in [3.63, 3.8) is 0 Å². The molecular formula is C14H29NO2. The Bertz CT molecular complexity index is 208. The van der Waals surface area contributed by atoms with E-state index in [2.05, 4.69) is 39.9 Å². The Morgan fingerprint density at radius 2 is 1.82 bits per heavy atom. The predicted octanol–water partition coefficient (Wildman–Crippen LogP) is 2.74. The number of ether oxygens (including phenoxy) is 2. The molecular weight excluding hydrogens is 214 g/mol. The lowest BCUT2D eigenvalue weighted by atomic mass is 10.0. The third kappa shape index (κ3) is 5.84. The SMILES string of the molecule is CCC(C)(C)NCCOC1CC(C)OC(C)C1. The van der Waals surface area contributed by atoms with E-state index >= 15 is 0 Å². The van der Waals surface area contributed by atoms with Crippen LogP contribution in [-0.4, -0.2) is 37.0 Å². The topological polar surface area (TPSA) is 30.5 Å². The molecule has 2 unspecified atom stereocenters. The highest BCUT2D eigenvalue weighted by molar-refractivity contribution is 4.76. The van der Waals surface area contributed by atoms with E-state index in [-0.39, 0.29) is 5.54 Å². The van der Waals surface area contributed by atoms with Crippen LogP contribution in [0.4, 0.5) is 0 Å². The minimum absolute atomic E-state index is 0.222. The van der Waals surface area contributed by atoms with Crippen molar-refractivity contribution in [2.45, 2.75) is 77.7 Å². The summed E-state index contributed by atoms with van der Waals surface area (Å²) in [5.41, 5.74) is 0.222. The lowest BCUT2D eigenvalue weighted by Crippen LogP contribution is -2.41. The summed E-state index contributed by atoms with van der Waals surface area (Å²) in [4.78, 5) is 0. The van der Waals surface area contributed by atoms with Crippen LogP contribution in [0.15, 0.2) is 0 Å². The van der Waals surface area contributed by atoms with Gasteiger partial charge in [-0.05, 0) is 47.0 Å². The molecule has 0 spiro atoms. The maximum absolute atomic E-state index is 5.92. The second kappa shape index (κ2) is 6.72. The molecule has 102 valence electrons. The Labute approximate surface area is 106 Å². The summed E-state index contributed by atoms with van der Waals surface area (Å²) < 4.78 is 11.6. The second-order valence-corrected chi connectivity index (χ2v) is 5.89. The molecule has 1 aliphatic heterocycles. The Kier molecular flexibility index (Phi) is 5.90. The zero-order valence-corrected chi connectivity index (χ0v) is 12.1. The molecule has 0 aromatic carbocycles. The molecule has 0 bridgehead atoms. The fraction of sp³-hybridized carbons (Fsp3) is 1.00. The third-order valence-electron chi connectivity index (χ3n) is 3.60. The van der Waals surface area contributed by atoms with E-state index in [0.29, 0.717) is 18.3 Å². The molecule has 0 aliphatic carbocycles. The van der Waals surface area contributed by atoms with Gasteiger partial charge in [-0.25, -0.2) is 0 Å². The monoisotopic (exact) mass is 243 g/mol. The van der Waals surface area contributed by atoms with Gasteiger partial charge in [0.2, 0.25) is 0 Å². The van der Waals surface area contributed by atoms with Gasteiger partial charge >= 0.3 is 0 Å². The molecule has 3 heteroatoms. The first-order valence-corrected chi connectivity index (χ1v) is 6.95. The standard InChI is InChI=1S/C14H29NO2/c1-6-14(4,5)15-7-8-16-13-9-11(2)17-12(3)10-13/h11-13,15H,6-10H2,1-5H3. The average molecular weight is 243 g/mol. The van der Waals surface area contributed by atoms with E-state index in [1.807, 2.05) is 0 Å². The minimum Gasteiger partial charge on any atom is -0.377 e. The lowest BCUT2D eigenvalue weighted by Gasteiger charge is -2.32. The van der Waals surface area contributed by atoms with Crippen LogP contribution in [0.1, 0.15) is 53.9 Å². The molecule has 17 heavy (non-hydrogen) atoms. The first-order valence-electron chi connectivity index (χ1n) is 6.95. The van der Waals surface area contributed by atoms with Crippen LogP contribution in [-0.2, 0) is 9.47 Å². The van der Waals surface area contributed by atoms with Gasteiger partial charge in [0.15, 0.2) is 0 Å². The van der Waals surface area contributed by atoms with Gasteiger partial charge in [0.05, 0.1) is 24.9 Å². The molecule has 1 fully saturated rings. The minimum atomic E-state index is 0.222. The number of hydrogen-bond donors (Lipinski definition) is 1. The molecule has 3 nitrogen and oxygen atoms in total. The normalized spacial score (nSPS) is 30.5. The fourth-order valence-corrected chi connectivity index (χ4v) is 2.22. The maximum Gasteiger partial charge on any atom is 0.0625 e. The van der Waals surface area contributed by atoms with Crippen LogP contribution in [0.3, 0.4) is 0 Å². The zero-order chi connectivity index (χ0) is 12.9. The van der Waals surface area contributed by atoms with E-state index in [1.165, 1.54) is 0 Å². The van der Waals surface area contributed by atoms with E-state index in [4.69, 9.17) is 9.47 Å². The molecule has 1 aliphatic rings. The second-order valence-electron chi connectivity index (χ2n) is 5.89. The van der Waals surface area contributed by atoms with E-state index in [0.717, 1.165) is 32.4 Å². The third-order valence-corrected chi connectivity index (χ3v) is 3.60. The first-order chi connectivity index (χ1) is 7.93. The van der Waals surface area contributed by atoms with Crippen LogP contribution >= 0.6 is 0 Å². The van der Waals surface area contributed by atoms with Crippen LogP contribution in [0.5, 0.6) is 0 Å². The summed E-state index contributed by atoms with van der Waals surface area (Å²) in [6.45, 7) is 12.6. The summed E-state index contributed by atoms with van der Waals surface area (Å²) in [6.07, 6.45) is 4.24. The molecule has 1 N–H and O–H groups in total. The molecule has 2 atom stereocenters. The Morgan fingerprint density at radius 1 is 1.24 bits per heavy atom. The van der Waals surface area contributed by atoms with Crippen molar-refractivity contribution < 1.29 is 9.47 Å². The summed E-state index contributed by atoms with van der Waals surface area (Å²) in [5, 5.41) is 3.51. The summed E-state index contributed by atoms with van der Waals surface area (Å²) >= 11 is 0. The molecule has 0 aromatic rings. The summed E-state index contributed by atoms with van der Waals surface area (Å²) in [6, 6.07) is 0. The van der Waals surface area contributed by atoms with Gasteiger partial charge in [0, 0.05) is 12.1 Å². The average Bonchev–Trinajstić information content (AvgIpc) is 2.23. The van der Waals surface area contributed by atoms with Crippen molar-refractivity contribution in [3.05, 3.63) is 0 Å². The van der Waals surface area contributed by atoms with Gasteiger partial charge in [-0.15, -0.1) is 0 Å². The van der Waals surface area contributed by atoms with Crippen LogP contribution in [0.25, 0.3) is 0 Å². The van der Waals surface area contributed by atoms with Gasteiger partial charge < -0.3 is 14.8 Å². The number of nitrogens with one attached hydrogen (secondary N) is 1. The van der Waals surface area contributed by atoms with Crippen molar-refractivity contribution >= 4 is 0 Å². The Morgan fingerprint density at radius 3 is 2.35 bits per heavy atom. The van der Waals surface area contributed by atoms with E-state index in [1.54, 1.807) is 0 Å². The Balaban J connectivity index is 2.14. The number of rotatable bonds is 6. The highest BCUT2D eigenvalue weighted by atomic mass is 16.5. The largest absolute Gasteiger partial charge is 0.377 e. The zero-order valence-electron chi connectivity index (χ0n) is 12.1. The molecule has 0 radical (unpaired) electrons. The van der Waals surface area contributed by atoms with Crippen molar-refractivity contribution in [2.24, 2.45) is 0 Å². The van der Waals surface area contributed by atoms with Crippen molar-refractivity contribution in [2.75, 3.05) is 13.2 Å². The van der Waals surface area contributed by atoms with E-state index in [9.17, 15) is 0 Å². The van der Waals surface area contributed by atoms with Crippen LogP contribution in [0, 0.1) is 0 Å². The fourth-order valence-electron chi connectivity index (χ4n) is 2.22. The smallest absolute Gasteiger partial charge is 0.0625 e. The van der Waals surface area contributed by atoms with Gasteiger partial charge in [0.25, 0.3) is 0 Å². The first kappa shape index (κ1) is 14.9. The van der Waals surface area contributed by atoms with Crippen molar-refractivity contribution in [1.29, 1.82) is 0 Å². The van der Waals surface area contributed by atoms with Crippen molar-refractivity contribution in [1.82, 2.24) is 5.32 Å². The van der Waals surface area contributed by atoms with Crippen molar-refractivity contribution in [3.8, 4) is 0 Å². The highest BCUT2D eigenvalue weighted by Gasteiger charge is 2.24. The maximum atomic E-state index is 5.92. The van der Waals surface area contributed by atoms with Gasteiger partial charge in [-0.2, -0.15) is 0 Å². The summed E-state index contributed by atoms with van der Waals surface area (Å²) in [7, 11) is 0. The van der Waals surface area contributed by atoms with Crippen LogP contribution in [0.2, 0.25) is 0 Å². The van der Waals surface area contributed by atoms with Gasteiger partial charge in [-0.1, -0.05) is 6.92 Å². The van der Waals surface area contributed by atoms with Crippen LogP contribution < -0.4 is 5.32 Å². The molecule has 0 saturated carbocycles. The highest BCUT2D eigenvalue weighted by Crippen LogP contribution is 2.21. The molecule has 1 saturated heterocycles.